The number of hydrogen-bond acceptors (Lipinski definition) is 2. The lowest BCUT2D eigenvalue weighted by Crippen LogP contribution is -1.89. The number of hydrogen-bond donors (Lipinski definition) is 0. The molecule has 0 aliphatic carbocycles. The fourth-order valence-electron chi connectivity index (χ4n) is 1.27. The predicted octanol–water partition coefficient (Wildman–Crippen LogP) is 2.88. The van der Waals surface area contributed by atoms with E-state index >= 15 is 0 Å². The van der Waals surface area contributed by atoms with Crippen LogP contribution in [0, 0.1) is 0 Å². The van der Waals surface area contributed by atoms with Crippen LogP contribution in [0.3, 0.4) is 0 Å². The Morgan fingerprint density at radius 2 is 2.15 bits per heavy atom. The van der Waals surface area contributed by atoms with E-state index in [1.54, 1.807) is 12.3 Å². The third kappa shape index (κ3) is 1.33. The van der Waals surface area contributed by atoms with Gasteiger partial charge in [0.2, 0.25) is 0 Å². The zero-order valence-electron chi connectivity index (χ0n) is 7.41. The van der Waals surface area contributed by atoms with Crippen LogP contribution in [0.15, 0.2) is 24.4 Å². The molecule has 2 aromatic heterocycles. The normalized spacial score (nSPS) is 10.5. The van der Waals surface area contributed by atoms with Crippen molar-refractivity contribution in [3.8, 4) is 0 Å². The van der Waals surface area contributed by atoms with Crippen molar-refractivity contribution in [2.24, 2.45) is 0 Å². The van der Waals surface area contributed by atoms with Gasteiger partial charge in [0.05, 0.1) is 0 Å². The molecule has 13 heavy (non-hydrogen) atoms. The van der Waals surface area contributed by atoms with Crippen molar-refractivity contribution in [1.82, 2.24) is 9.97 Å². The van der Waals surface area contributed by atoms with Crippen LogP contribution >= 0.6 is 0 Å². The molecule has 66 valence electrons. The Morgan fingerprint density at radius 1 is 1.31 bits per heavy atom. The van der Waals surface area contributed by atoms with Gasteiger partial charge < -0.3 is 5.73 Å². The first-order valence-electron chi connectivity index (χ1n) is 4.27. The van der Waals surface area contributed by atoms with Gasteiger partial charge in [-0.05, 0) is 12.5 Å². The zero-order chi connectivity index (χ0) is 9.26. The first kappa shape index (κ1) is 7.98. The van der Waals surface area contributed by atoms with Gasteiger partial charge in [-0.25, -0.2) is 9.97 Å². The fourth-order valence-corrected chi connectivity index (χ4v) is 1.27. The van der Waals surface area contributed by atoms with E-state index < -0.39 is 0 Å². The molecule has 0 saturated carbocycles. The Morgan fingerprint density at radius 3 is 2.92 bits per heavy atom. The summed E-state index contributed by atoms with van der Waals surface area (Å²) in [7, 11) is 0. The van der Waals surface area contributed by atoms with Gasteiger partial charge in [0.15, 0.2) is 5.65 Å². The second kappa shape index (κ2) is 3.01. The number of aryl methyl sites for hydroxylation is 1. The smallest absolute Gasteiger partial charge is 0.158 e. The van der Waals surface area contributed by atoms with Gasteiger partial charge in [-0.2, -0.15) is 0 Å². The summed E-state index contributed by atoms with van der Waals surface area (Å²) in [5, 5.41) is 0.819. The van der Waals surface area contributed by atoms with Crippen molar-refractivity contribution in [1.29, 1.82) is 0 Å². The Bertz CT molecular complexity index is 437. The summed E-state index contributed by atoms with van der Waals surface area (Å²) in [6.45, 7) is 2.05. The third-order valence-corrected chi connectivity index (χ3v) is 2.02. The lowest BCUT2D eigenvalue weighted by atomic mass is 10.2. The number of nitrogens with one attached hydrogen (secondary N) is 1. The van der Waals surface area contributed by atoms with Gasteiger partial charge in [0, 0.05) is 17.3 Å². The summed E-state index contributed by atoms with van der Waals surface area (Å²) in [6.07, 6.45) is 2.52. The topological polar surface area (TPSA) is 49.6 Å². The van der Waals surface area contributed by atoms with E-state index in [1.807, 2.05) is 12.1 Å². The van der Waals surface area contributed by atoms with Crippen LogP contribution in [-0.2, 0) is 6.42 Å². The van der Waals surface area contributed by atoms with Crippen molar-refractivity contribution in [2.45, 2.75) is 13.3 Å². The molecule has 0 unspecified atom stereocenters. The quantitative estimate of drug-likeness (QED) is 0.664. The van der Waals surface area contributed by atoms with Crippen LogP contribution in [0.25, 0.3) is 16.8 Å². The second-order valence-corrected chi connectivity index (χ2v) is 2.89. The van der Waals surface area contributed by atoms with E-state index in [0.717, 1.165) is 17.5 Å². The zero-order valence-corrected chi connectivity index (χ0v) is 7.41. The van der Waals surface area contributed by atoms with Crippen molar-refractivity contribution in [2.75, 3.05) is 0 Å². The molecular formula is C10H10N3-. The van der Waals surface area contributed by atoms with E-state index in [4.69, 9.17) is 5.73 Å². The molecule has 0 saturated heterocycles. The van der Waals surface area contributed by atoms with Crippen LogP contribution in [0.5, 0.6) is 0 Å². The summed E-state index contributed by atoms with van der Waals surface area (Å²) < 4.78 is 0. The average molecular weight is 172 g/mol. The summed E-state index contributed by atoms with van der Waals surface area (Å²) in [5.74, 6) is 0. The van der Waals surface area contributed by atoms with Crippen LogP contribution in [0.2, 0.25) is 0 Å². The molecule has 0 spiro atoms. The molecule has 3 nitrogen and oxygen atoms in total. The molecule has 0 bridgehead atoms. The molecule has 2 aromatic rings. The van der Waals surface area contributed by atoms with E-state index in [9.17, 15) is 0 Å². The SMILES string of the molecule is CCc1ccc2c([NH-])ccnc2n1. The van der Waals surface area contributed by atoms with Gasteiger partial charge in [0.1, 0.15) is 0 Å². The van der Waals surface area contributed by atoms with E-state index in [2.05, 4.69) is 16.9 Å². The Balaban J connectivity index is 2.72. The van der Waals surface area contributed by atoms with Crippen molar-refractivity contribution < 1.29 is 0 Å². The lowest BCUT2D eigenvalue weighted by Gasteiger charge is -2.07. The standard InChI is InChI=1S/C10H10N3/c1-2-7-3-4-8-9(11)5-6-12-10(8)13-7/h3-6H,2H2,1H3,(H-,11,12,13)/q-1. The molecular weight excluding hydrogens is 162 g/mol. The molecule has 0 fully saturated rings. The monoisotopic (exact) mass is 172 g/mol. The second-order valence-electron chi connectivity index (χ2n) is 2.89. The number of rotatable bonds is 1. The largest absolute Gasteiger partial charge is 0.698 e. The van der Waals surface area contributed by atoms with Gasteiger partial charge in [-0.1, -0.05) is 19.1 Å². The summed E-state index contributed by atoms with van der Waals surface area (Å²) in [5.41, 5.74) is 9.79. The number of pyridine rings is 2. The van der Waals surface area contributed by atoms with Crippen LogP contribution in [0.4, 0.5) is 5.69 Å². The minimum atomic E-state index is 0.486. The highest BCUT2D eigenvalue weighted by atomic mass is 14.8. The first-order chi connectivity index (χ1) is 6.31. The molecule has 0 aliphatic heterocycles. The van der Waals surface area contributed by atoms with Crippen molar-refractivity contribution in [3.05, 3.63) is 35.8 Å². The Hall–Kier alpha value is -1.64. The van der Waals surface area contributed by atoms with Crippen LogP contribution in [0.1, 0.15) is 12.6 Å². The molecule has 0 aliphatic rings. The van der Waals surface area contributed by atoms with Crippen molar-refractivity contribution in [3.63, 3.8) is 0 Å². The Labute approximate surface area is 76.6 Å². The van der Waals surface area contributed by atoms with Gasteiger partial charge >= 0.3 is 0 Å². The maximum atomic E-state index is 7.61. The highest BCUT2D eigenvalue weighted by Gasteiger charge is 1.96. The summed E-state index contributed by atoms with van der Waals surface area (Å²) >= 11 is 0. The van der Waals surface area contributed by atoms with Gasteiger partial charge in [-0.3, -0.25) is 0 Å². The summed E-state index contributed by atoms with van der Waals surface area (Å²) in [6, 6.07) is 5.54. The fraction of sp³-hybridized carbons (Fsp3) is 0.200. The predicted molar refractivity (Wildman–Crippen MR) is 52.9 cm³/mol. The molecule has 2 rings (SSSR count). The van der Waals surface area contributed by atoms with Gasteiger partial charge in [-0.15, -0.1) is 5.69 Å². The third-order valence-electron chi connectivity index (χ3n) is 2.02. The van der Waals surface area contributed by atoms with Crippen LogP contribution < -0.4 is 0 Å². The molecule has 2 heterocycles. The number of aromatic nitrogens is 2. The molecule has 0 aromatic carbocycles. The molecule has 0 atom stereocenters. The average Bonchev–Trinajstić information content (AvgIpc) is 2.18. The number of nitrogens with zero attached hydrogens (tertiary/aromatic N) is 2. The molecule has 0 radical (unpaired) electrons. The minimum Gasteiger partial charge on any atom is -0.698 e. The highest BCUT2D eigenvalue weighted by Crippen LogP contribution is 2.21. The molecule has 0 amide bonds. The van der Waals surface area contributed by atoms with E-state index in [-0.39, 0.29) is 0 Å². The van der Waals surface area contributed by atoms with E-state index in [1.165, 1.54) is 0 Å². The minimum absolute atomic E-state index is 0.486. The molecule has 3 heteroatoms. The first-order valence-corrected chi connectivity index (χ1v) is 4.27. The maximum absolute atomic E-state index is 7.61. The lowest BCUT2D eigenvalue weighted by molar-refractivity contribution is 1.05. The number of fused-ring (bicyclic) bond motifs is 1. The van der Waals surface area contributed by atoms with E-state index in [0.29, 0.717) is 11.3 Å². The maximum Gasteiger partial charge on any atom is 0.158 e. The summed E-state index contributed by atoms with van der Waals surface area (Å²) in [4.78, 5) is 8.44. The van der Waals surface area contributed by atoms with Crippen LogP contribution in [-0.4, -0.2) is 9.97 Å². The van der Waals surface area contributed by atoms with Gasteiger partial charge in [0.25, 0.3) is 0 Å². The Kier molecular flexibility index (Phi) is 1.85. The molecule has 1 N–H and O–H groups in total. The van der Waals surface area contributed by atoms with Crippen molar-refractivity contribution >= 4 is 16.7 Å². The highest BCUT2D eigenvalue weighted by molar-refractivity contribution is 5.88.